The van der Waals surface area contributed by atoms with E-state index in [-0.39, 0.29) is 18.5 Å². The molecule has 3 rings (SSSR count). The van der Waals surface area contributed by atoms with Crippen LogP contribution in [-0.2, 0) is 6.18 Å². The third-order valence-electron chi connectivity index (χ3n) is 4.07. The maximum Gasteiger partial charge on any atom is 0.416 e. The number of nitrogens with zero attached hydrogens (tertiary/aromatic N) is 3. The van der Waals surface area contributed by atoms with Gasteiger partial charge in [-0.1, -0.05) is 18.2 Å². The van der Waals surface area contributed by atoms with Gasteiger partial charge in [0.25, 0.3) is 0 Å². The Morgan fingerprint density at radius 2 is 2.00 bits per heavy atom. The Morgan fingerprint density at radius 1 is 1.25 bits per heavy atom. The summed E-state index contributed by atoms with van der Waals surface area (Å²) in [4.78, 5) is 5.77. The van der Waals surface area contributed by atoms with E-state index in [1.807, 2.05) is 6.07 Å². The highest BCUT2D eigenvalue weighted by molar-refractivity contribution is 5.50. The van der Waals surface area contributed by atoms with Gasteiger partial charge in [0.2, 0.25) is 0 Å². The number of benzene rings is 1. The Balaban J connectivity index is 2.05. The van der Waals surface area contributed by atoms with E-state index in [4.69, 9.17) is 5.26 Å². The number of aliphatic hydroxyl groups is 1. The molecule has 24 heavy (non-hydrogen) atoms. The van der Waals surface area contributed by atoms with Crippen LogP contribution in [0.3, 0.4) is 0 Å². The maximum atomic E-state index is 13.3. The molecule has 7 heteroatoms. The van der Waals surface area contributed by atoms with Crippen molar-refractivity contribution < 1.29 is 18.3 Å². The molecule has 1 saturated heterocycles. The van der Waals surface area contributed by atoms with Crippen molar-refractivity contribution in [3.05, 3.63) is 59.3 Å². The summed E-state index contributed by atoms with van der Waals surface area (Å²) in [5.41, 5.74) is -0.250. The third-order valence-corrected chi connectivity index (χ3v) is 4.07. The number of nitriles is 1. The second-order valence-electron chi connectivity index (χ2n) is 5.66. The van der Waals surface area contributed by atoms with Crippen LogP contribution in [0.1, 0.15) is 29.2 Å². The number of anilines is 1. The summed E-state index contributed by atoms with van der Waals surface area (Å²) >= 11 is 0. The third kappa shape index (κ3) is 3.05. The van der Waals surface area contributed by atoms with Gasteiger partial charge in [-0.3, -0.25) is 0 Å². The standard InChI is InChI=1S/C17H14F3N3O/c18-17(19,20)14-4-2-1-3-13(14)15-8-12(24)10-23(15)16-7-11(9-21)5-6-22-16/h1-7,12,15,24H,8,10H2/t12-,15+/m1/s1. The van der Waals surface area contributed by atoms with Crippen molar-refractivity contribution >= 4 is 5.82 Å². The van der Waals surface area contributed by atoms with E-state index in [2.05, 4.69) is 4.98 Å². The van der Waals surface area contributed by atoms with Crippen LogP contribution in [0, 0.1) is 11.3 Å². The number of pyridine rings is 1. The minimum Gasteiger partial charge on any atom is -0.391 e. The Morgan fingerprint density at radius 3 is 2.71 bits per heavy atom. The first-order valence-corrected chi connectivity index (χ1v) is 7.37. The summed E-state index contributed by atoms with van der Waals surface area (Å²) < 4.78 is 39.9. The Hall–Kier alpha value is -2.59. The van der Waals surface area contributed by atoms with Gasteiger partial charge in [0, 0.05) is 12.7 Å². The van der Waals surface area contributed by atoms with Crippen molar-refractivity contribution in [2.24, 2.45) is 0 Å². The first kappa shape index (κ1) is 16.3. The van der Waals surface area contributed by atoms with E-state index in [1.165, 1.54) is 30.5 Å². The topological polar surface area (TPSA) is 60.2 Å². The predicted octanol–water partition coefficient (Wildman–Crippen LogP) is 3.28. The summed E-state index contributed by atoms with van der Waals surface area (Å²) in [6.45, 7) is 0.165. The molecule has 1 aliphatic rings. The largest absolute Gasteiger partial charge is 0.416 e. The van der Waals surface area contributed by atoms with Crippen molar-refractivity contribution in [1.82, 2.24) is 4.98 Å². The molecule has 0 bridgehead atoms. The lowest BCUT2D eigenvalue weighted by atomic mass is 9.97. The lowest BCUT2D eigenvalue weighted by molar-refractivity contribution is -0.138. The fraction of sp³-hybridized carbons (Fsp3) is 0.294. The summed E-state index contributed by atoms with van der Waals surface area (Å²) in [6, 6.07) is 9.72. The molecule has 2 heterocycles. The number of alkyl halides is 3. The molecule has 4 nitrogen and oxygen atoms in total. The van der Waals surface area contributed by atoms with E-state index in [9.17, 15) is 18.3 Å². The van der Waals surface area contributed by atoms with Gasteiger partial charge in [-0.2, -0.15) is 18.4 Å². The predicted molar refractivity (Wildman–Crippen MR) is 81.1 cm³/mol. The van der Waals surface area contributed by atoms with Crippen LogP contribution in [0.2, 0.25) is 0 Å². The first-order chi connectivity index (χ1) is 11.4. The van der Waals surface area contributed by atoms with Crippen molar-refractivity contribution in [3.63, 3.8) is 0 Å². The Labute approximate surface area is 136 Å². The minimum absolute atomic E-state index is 0.103. The highest BCUT2D eigenvalue weighted by Gasteiger charge is 2.40. The maximum absolute atomic E-state index is 13.3. The zero-order valence-electron chi connectivity index (χ0n) is 12.5. The molecular weight excluding hydrogens is 319 g/mol. The van der Waals surface area contributed by atoms with Gasteiger partial charge in [-0.25, -0.2) is 4.98 Å². The minimum atomic E-state index is -4.47. The van der Waals surface area contributed by atoms with Gasteiger partial charge in [-0.15, -0.1) is 0 Å². The van der Waals surface area contributed by atoms with Crippen molar-refractivity contribution in [3.8, 4) is 6.07 Å². The first-order valence-electron chi connectivity index (χ1n) is 7.37. The van der Waals surface area contributed by atoms with Gasteiger partial charge in [0.1, 0.15) is 5.82 Å². The smallest absolute Gasteiger partial charge is 0.391 e. The van der Waals surface area contributed by atoms with E-state index >= 15 is 0 Å². The van der Waals surface area contributed by atoms with E-state index in [1.54, 1.807) is 11.0 Å². The SMILES string of the molecule is N#Cc1ccnc(N2C[C@H](O)C[C@H]2c2ccccc2C(F)(F)F)c1. The molecule has 2 aromatic rings. The fourth-order valence-electron chi connectivity index (χ4n) is 3.05. The van der Waals surface area contributed by atoms with Gasteiger partial charge in [-0.05, 0) is 30.2 Å². The molecule has 0 amide bonds. The van der Waals surface area contributed by atoms with Crippen LogP contribution >= 0.6 is 0 Å². The van der Waals surface area contributed by atoms with E-state index in [0.717, 1.165) is 6.07 Å². The van der Waals surface area contributed by atoms with Gasteiger partial charge in [0.15, 0.2) is 0 Å². The van der Waals surface area contributed by atoms with Crippen molar-refractivity contribution in [2.45, 2.75) is 24.7 Å². The highest BCUT2D eigenvalue weighted by atomic mass is 19.4. The number of aliphatic hydroxyl groups excluding tert-OH is 1. The lowest BCUT2D eigenvalue weighted by Gasteiger charge is -2.28. The van der Waals surface area contributed by atoms with Gasteiger partial charge < -0.3 is 10.0 Å². The number of halogens is 3. The highest BCUT2D eigenvalue weighted by Crippen LogP contribution is 2.41. The normalized spacial score (nSPS) is 20.9. The molecule has 0 unspecified atom stereocenters. The molecule has 0 radical (unpaired) electrons. The molecule has 2 atom stereocenters. The molecule has 1 N–H and O–H groups in total. The molecule has 1 aromatic carbocycles. The molecule has 1 aromatic heterocycles. The van der Waals surface area contributed by atoms with Crippen molar-refractivity contribution in [2.75, 3.05) is 11.4 Å². The second kappa shape index (κ2) is 6.13. The van der Waals surface area contributed by atoms with Crippen LogP contribution in [0.25, 0.3) is 0 Å². The number of β-amino-alcohol motifs (C(OH)–C–C–N with tert-alkyl or cyclic N) is 1. The number of aromatic nitrogens is 1. The second-order valence-corrected chi connectivity index (χ2v) is 5.66. The zero-order valence-corrected chi connectivity index (χ0v) is 12.5. The zero-order chi connectivity index (χ0) is 17.3. The molecule has 0 aliphatic carbocycles. The Bertz CT molecular complexity index is 785. The number of hydrogen-bond donors (Lipinski definition) is 1. The Kier molecular flexibility index (Phi) is 4.16. The molecule has 124 valence electrons. The van der Waals surface area contributed by atoms with Gasteiger partial charge >= 0.3 is 6.18 Å². The van der Waals surface area contributed by atoms with Crippen LogP contribution in [0.5, 0.6) is 0 Å². The van der Waals surface area contributed by atoms with Gasteiger partial charge in [0.05, 0.1) is 29.3 Å². The molecule has 0 spiro atoms. The number of hydrogen-bond acceptors (Lipinski definition) is 4. The van der Waals surface area contributed by atoms with Crippen LogP contribution < -0.4 is 4.90 Å². The van der Waals surface area contributed by atoms with Crippen LogP contribution in [0.15, 0.2) is 42.6 Å². The molecule has 1 aliphatic heterocycles. The number of rotatable bonds is 2. The molecule has 0 saturated carbocycles. The van der Waals surface area contributed by atoms with Crippen LogP contribution in [0.4, 0.5) is 19.0 Å². The summed E-state index contributed by atoms with van der Waals surface area (Å²) in [7, 11) is 0. The summed E-state index contributed by atoms with van der Waals surface area (Å²) in [5.74, 6) is 0.382. The van der Waals surface area contributed by atoms with E-state index < -0.39 is 23.9 Å². The molecular formula is C17H14F3N3O. The van der Waals surface area contributed by atoms with Crippen molar-refractivity contribution in [1.29, 1.82) is 5.26 Å². The molecule has 1 fully saturated rings. The lowest BCUT2D eigenvalue weighted by Crippen LogP contribution is -2.26. The monoisotopic (exact) mass is 333 g/mol. The fourth-order valence-corrected chi connectivity index (χ4v) is 3.05. The average molecular weight is 333 g/mol. The quantitative estimate of drug-likeness (QED) is 0.916. The average Bonchev–Trinajstić information content (AvgIpc) is 2.96. The summed E-state index contributed by atoms with van der Waals surface area (Å²) in [5, 5.41) is 19.0. The van der Waals surface area contributed by atoms with Crippen LogP contribution in [-0.4, -0.2) is 22.7 Å². The summed E-state index contributed by atoms with van der Waals surface area (Å²) in [6.07, 6.45) is -3.63. The van der Waals surface area contributed by atoms with E-state index in [0.29, 0.717) is 11.4 Å².